The van der Waals surface area contributed by atoms with Gasteiger partial charge in [0.25, 0.3) is 5.91 Å². The molecule has 2 rings (SSSR count). The van der Waals surface area contributed by atoms with E-state index in [1.165, 1.54) is 0 Å². The molecule has 0 saturated carbocycles. The van der Waals surface area contributed by atoms with Crippen molar-refractivity contribution in [3.05, 3.63) is 23.8 Å². The summed E-state index contributed by atoms with van der Waals surface area (Å²) in [5, 5.41) is 13.8. The number of benzene rings is 1. The van der Waals surface area contributed by atoms with Gasteiger partial charge in [0.1, 0.15) is 12.4 Å². The lowest BCUT2D eigenvalue weighted by molar-refractivity contribution is -0.124. The Kier molecular flexibility index (Phi) is 3.47. The fourth-order valence-corrected chi connectivity index (χ4v) is 1.62. The van der Waals surface area contributed by atoms with E-state index in [1.807, 2.05) is 0 Å². The number of ether oxygens (including phenoxy) is 1. The molecular weight excluding hydrogens is 236 g/mol. The summed E-state index contributed by atoms with van der Waals surface area (Å²) in [5.74, 6) is -0.0278. The summed E-state index contributed by atoms with van der Waals surface area (Å²) >= 11 is 0. The first kappa shape index (κ1) is 12.4. The van der Waals surface area contributed by atoms with Gasteiger partial charge in [0.05, 0.1) is 5.69 Å². The van der Waals surface area contributed by atoms with Crippen LogP contribution in [0, 0.1) is 0 Å². The van der Waals surface area contributed by atoms with Gasteiger partial charge in [-0.3, -0.25) is 9.59 Å². The second-order valence-corrected chi connectivity index (χ2v) is 4.01. The molecule has 6 nitrogen and oxygen atoms in total. The molecule has 1 heterocycles. The van der Waals surface area contributed by atoms with Crippen molar-refractivity contribution in [3.63, 3.8) is 0 Å². The monoisotopic (exact) mass is 250 g/mol. The van der Waals surface area contributed by atoms with E-state index in [1.54, 1.807) is 25.1 Å². The van der Waals surface area contributed by atoms with Crippen molar-refractivity contribution < 1.29 is 19.4 Å². The number of hydrogen-bond donors (Lipinski definition) is 3. The van der Waals surface area contributed by atoms with Gasteiger partial charge in [0, 0.05) is 6.54 Å². The summed E-state index contributed by atoms with van der Waals surface area (Å²) in [6.45, 7) is 1.42. The molecule has 1 aromatic carbocycles. The fourth-order valence-electron chi connectivity index (χ4n) is 1.62. The van der Waals surface area contributed by atoms with Crippen LogP contribution in [-0.4, -0.2) is 29.6 Å². The molecule has 3 N–H and O–H groups in total. The number of aliphatic hydroxyl groups is 1. The van der Waals surface area contributed by atoms with Crippen LogP contribution in [0.25, 0.3) is 0 Å². The molecule has 18 heavy (non-hydrogen) atoms. The summed E-state index contributed by atoms with van der Waals surface area (Å²) in [4.78, 5) is 22.4. The topological polar surface area (TPSA) is 87.7 Å². The maximum absolute atomic E-state index is 11.4. The second-order valence-electron chi connectivity index (χ2n) is 4.01. The number of amides is 2. The Hall–Kier alpha value is -2.08. The van der Waals surface area contributed by atoms with E-state index < -0.39 is 18.6 Å². The predicted octanol–water partition coefficient (Wildman–Crippen LogP) is 0.0145. The quantitative estimate of drug-likeness (QED) is 0.705. The van der Waals surface area contributed by atoms with Crippen LogP contribution in [-0.2, 0) is 16.1 Å². The Bertz CT molecular complexity index is 487. The van der Waals surface area contributed by atoms with Crippen LogP contribution < -0.4 is 15.4 Å². The number of carbonyl (C=O) groups excluding carboxylic acids is 2. The zero-order valence-electron chi connectivity index (χ0n) is 9.90. The number of aliphatic hydroxyl groups excluding tert-OH is 1. The molecule has 0 spiro atoms. The molecule has 0 radical (unpaired) electrons. The fraction of sp³-hybridized carbons (Fsp3) is 0.333. The predicted molar refractivity (Wildman–Crippen MR) is 64.1 cm³/mol. The third-order valence-corrected chi connectivity index (χ3v) is 2.61. The number of carbonyl (C=O) groups is 2. The van der Waals surface area contributed by atoms with Crippen LogP contribution in [0.3, 0.4) is 0 Å². The average Bonchev–Trinajstić information content (AvgIpc) is 2.37. The summed E-state index contributed by atoms with van der Waals surface area (Å²) < 4.78 is 5.41. The zero-order chi connectivity index (χ0) is 13.1. The van der Waals surface area contributed by atoms with Gasteiger partial charge in [-0.05, 0) is 24.6 Å². The Balaban J connectivity index is 2.10. The molecule has 1 aromatic rings. The van der Waals surface area contributed by atoms with Gasteiger partial charge < -0.3 is 20.5 Å². The zero-order valence-corrected chi connectivity index (χ0v) is 9.90. The maximum atomic E-state index is 11.4. The standard InChI is InChI=1S/C12H14N2O4/c1-7-12(17)14-9-4-8(2-3-10(9)18-7)5-13-11(16)6-15/h2-4,7,15H,5-6H2,1H3,(H,13,16)(H,14,17). The summed E-state index contributed by atoms with van der Waals surface area (Å²) in [6.07, 6.45) is -0.502. The lowest BCUT2D eigenvalue weighted by Gasteiger charge is -2.23. The minimum atomic E-state index is -0.539. The van der Waals surface area contributed by atoms with E-state index >= 15 is 0 Å². The first-order chi connectivity index (χ1) is 8.60. The molecular formula is C12H14N2O4. The second kappa shape index (κ2) is 5.05. The Labute approximate surface area is 104 Å². The van der Waals surface area contributed by atoms with Crippen LogP contribution in [0.4, 0.5) is 5.69 Å². The lowest BCUT2D eigenvalue weighted by atomic mass is 10.1. The SMILES string of the molecule is CC1Oc2ccc(CNC(=O)CO)cc2NC1=O. The van der Waals surface area contributed by atoms with Crippen molar-refractivity contribution in [3.8, 4) is 5.75 Å². The van der Waals surface area contributed by atoms with Crippen molar-refractivity contribution in [2.45, 2.75) is 19.6 Å². The Morgan fingerprint density at radius 3 is 3.06 bits per heavy atom. The van der Waals surface area contributed by atoms with E-state index in [4.69, 9.17) is 9.84 Å². The van der Waals surface area contributed by atoms with Gasteiger partial charge in [-0.25, -0.2) is 0 Å². The van der Waals surface area contributed by atoms with E-state index in [2.05, 4.69) is 10.6 Å². The van der Waals surface area contributed by atoms with Crippen LogP contribution in [0.2, 0.25) is 0 Å². The highest BCUT2D eigenvalue weighted by Crippen LogP contribution is 2.30. The van der Waals surface area contributed by atoms with Crippen LogP contribution in [0.5, 0.6) is 5.75 Å². The van der Waals surface area contributed by atoms with E-state index in [0.29, 0.717) is 11.4 Å². The number of rotatable bonds is 3. The maximum Gasteiger partial charge on any atom is 0.265 e. The molecule has 1 unspecified atom stereocenters. The van der Waals surface area contributed by atoms with Crippen LogP contribution in [0.15, 0.2) is 18.2 Å². The van der Waals surface area contributed by atoms with Crippen molar-refractivity contribution in [1.82, 2.24) is 5.32 Å². The largest absolute Gasteiger partial charge is 0.479 e. The van der Waals surface area contributed by atoms with E-state index in [9.17, 15) is 9.59 Å². The van der Waals surface area contributed by atoms with Gasteiger partial charge in [-0.15, -0.1) is 0 Å². The highest BCUT2D eigenvalue weighted by Gasteiger charge is 2.23. The van der Waals surface area contributed by atoms with Crippen molar-refractivity contribution in [2.75, 3.05) is 11.9 Å². The van der Waals surface area contributed by atoms with Gasteiger partial charge in [-0.2, -0.15) is 0 Å². The molecule has 0 fully saturated rings. The minimum absolute atomic E-state index is 0.195. The number of fused-ring (bicyclic) bond motifs is 1. The molecule has 2 amide bonds. The third kappa shape index (κ3) is 2.60. The molecule has 0 aliphatic carbocycles. The third-order valence-electron chi connectivity index (χ3n) is 2.61. The van der Waals surface area contributed by atoms with E-state index in [-0.39, 0.29) is 12.5 Å². The van der Waals surface area contributed by atoms with Gasteiger partial charge >= 0.3 is 0 Å². The van der Waals surface area contributed by atoms with Crippen molar-refractivity contribution >= 4 is 17.5 Å². The first-order valence-electron chi connectivity index (χ1n) is 5.58. The summed E-state index contributed by atoms with van der Waals surface area (Å²) in [5.41, 5.74) is 1.41. The van der Waals surface area contributed by atoms with Gasteiger partial charge in [-0.1, -0.05) is 6.07 Å². The molecule has 6 heteroatoms. The highest BCUT2D eigenvalue weighted by atomic mass is 16.5. The molecule has 0 bridgehead atoms. The molecule has 96 valence electrons. The average molecular weight is 250 g/mol. The Morgan fingerprint density at radius 2 is 2.33 bits per heavy atom. The van der Waals surface area contributed by atoms with Crippen LogP contribution in [0.1, 0.15) is 12.5 Å². The molecule has 0 aromatic heterocycles. The lowest BCUT2D eigenvalue weighted by Crippen LogP contribution is -2.34. The number of hydrogen-bond acceptors (Lipinski definition) is 4. The van der Waals surface area contributed by atoms with Gasteiger partial charge in [0.15, 0.2) is 6.10 Å². The summed E-state index contributed by atoms with van der Waals surface area (Å²) in [7, 11) is 0. The van der Waals surface area contributed by atoms with Crippen molar-refractivity contribution in [2.24, 2.45) is 0 Å². The number of anilines is 1. The number of nitrogens with one attached hydrogen (secondary N) is 2. The first-order valence-corrected chi connectivity index (χ1v) is 5.58. The molecule has 0 saturated heterocycles. The molecule has 1 atom stereocenters. The van der Waals surface area contributed by atoms with E-state index in [0.717, 1.165) is 5.56 Å². The normalized spacial score (nSPS) is 17.4. The Morgan fingerprint density at radius 1 is 1.56 bits per heavy atom. The van der Waals surface area contributed by atoms with Crippen LogP contribution >= 0.6 is 0 Å². The van der Waals surface area contributed by atoms with Gasteiger partial charge in [0.2, 0.25) is 5.91 Å². The summed E-state index contributed by atoms with van der Waals surface area (Å²) in [6, 6.07) is 5.27. The van der Waals surface area contributed by atoms with Crippen molar-refractivity contribution in [1.29, 1.82) is 0 Å². The molecule has 1 aliphatic heterocycles. The smallest absolute Gasteiger partial charge is 0.265 e. The minimum Gasteiger partial charge on any atom is -0.479 e. The highest BCUT2D eigenvalue weighted by molar-refractivity contribution is 5.97. The molecule has 1 aliphatic rings.